The zero-order valence-electron chi connectivity index (χ0n) is 12.3. The third kappa shape index (κ3) is 3.15. The smallest absolute Gasteiger partial charge is 0.282 e. The summed E-state index contributed by atoms with van der Waals surface area (Å²) in [7, 11) is -3.35. The van der Waals surface area contributed by atoms with E-state index in [4.69, 9.17) is 5.21 Å². The molecule has 2 rings (SSSR count). The van der Waals surface area contributed by atoms with Gasteiger partial charge in [-0.15, -0.1) is 0 Å². The van der Waals surface area contributed by atoms with E-state index in [1.807, 2.05) is 6.92 Å². The lowest BCUT2D eigenvalue weighted by atomic mass is 9.95. The third-order valence-corrected chi connectivity index (χ3v) is 6.53. The summed E-state index contributed by atoms with van der Waals surface area (Å²) in [4.78, 5) is 0. The van der Waals surface area contributed by atoms with Crippen molar-refractivity contribution in [3.63, 3.8) is 0 Å². The van der Waals surface area contributed by atoms with Crippen molar-refractivity contribution in [3.8, 4) is 0 Å². The van der Waals surface area contributed by atoms with Gasteiger partial charge in [0.2, 0.25) is 0 Å². The van der Waals surface area contributed by atoms with Gasteiger partial charge in [-0.25, -0.2) is 0 Å². The monoisotopic (exact) mass is 303 g/mol. The Balaban J connectivity index is 2.07. The van der Waals surface area contributed by atoms with Crippen LogP contribution in [-0.4, -0.2) is 54.1 Å². The first-order chi connectivity index (χ1) is 9.48. The molecule has 2 aliphatic heterocycles. The van der Waals surface area contributed by atoms with E-state index in [0.717, 1.165) is 25.0 Å². The molecule has 2 heterocycles. The summed E-state index contributed by atoms with van der Waals surface area (Å²) >= 11 is 0. The zero-order chi connectivity index (χ0) is 14.8. The highest BCUT2D eigenvalue weighted by Crippen LogP contribution is 2.25. The summed E-state index contributed by atoms with van der Waals surface area (Å²) in [5.41, 5.74) is 0.728. The van der Waals surface area contributed by atoms with Crippen LogP contribution in [0.3, 0.4) is 0 Å². The van der Waals surface area contributed by atoms with E-state index >= 15 is 0 Å². The van der Waals surface area contributed by atoms with Gasteiger partial charge in [-0.2, -0.15) is 17.0 Å². The molecule has 20 heavy (non-hydrogen) atoms. The molecular formula is C13H25N3O3S. The Labute approximate surface area is 121 Å². The van der Waals surface area contributed by atoms with Crippen LogP contribution in [0.1, 0.15) is 39.5 Å². The molecule has 6 nitrogen and oxygen atoms in total. The van der Waals surface area contributed by atoms with Crippen molar-refractivity contribution in [1.82, 2.24) is 8.61 Å². The molecule has 0 spiro atoms. The molecule has 0 saturated carbocycles. The van der Waals surface area contributed by atoms with Gasteiger partial charge >= 0.3 is 0 Å². The molecular weight excluding hydrogens is 278 g/mol. The highest BCUT2D eigenvalue weighted by Gasteiger charge is 2.36. The van der Waals surface area contributed by atoms with E-state index in [1.54, 1.807) is 8.61 Å². The molecule has 1 atom stereocenters. The van der Waals surface area contributed by atoms with Gasteiger partial charge in [0.1, 0.15) is 0 Å². The second-order valence-electron chi connectivity index (χ2n) is 5.89. The van der Waals surface area contributed by atoms with Gasteiger partial charge in [0, 0.05) is 38.5 Å². The van der Waals surface area contributed by atoms with Crippen molar-refractivity contribution in [2.75, 3.05) is 26.2 Å². The molecule has 0 aromatic heterocycles. The molecule has 116 valence electrons. The van der Waals surface area contributed by atoms with Crippen molar-refractivity contribution in [1.29, 1.82) is 0 Å². The second kappa shape index (κ2) is 6.41. The molecule has 1 N–H and O–H groups in total. The van der Waals surface area contributed by atoms with Crippen molar-refractivity contribution in [3.05, 3.63) is 0 Å². The van der Waals surface area contributed by atoms with Gasteiger partial charge in [-0.1, -0.05) is 19.0 Å². The molecule has 1 unspecified atom stereocenters. The van der Waals surface area contributed by atoms with Gasteiger partial charge in [0.15, 0.2) is 0 Å². The largest absolute Gasteiger partial charge is 0.411 e. The lowest BCUT2D eigenvalue weighted by Crippen LogP contribution is -2.51. The lowest BCUT2D eigenvalue weighted by molar-refractivity contribution is 0.251. The summed E-state index contributed by atoms with van der Waals surface area (Å²) in [5, 5.41) is 12.3. The Morgan fingerprint density at radius 2 is 1.90 bits per heavy atom. The van der Waals surface area contributed by atoms with Crippen LogP contribution in [0, 0.1) is 11.8 Å². The molecule has 0 amide bonds. The topological polar surface area (TPSA) is 73.2 Å². The standard InChI is InChI=1S/C13H25N3O3S/c1-3-12-10-16(9-6-13(12)14-17)20(18,19)15-7-4-11(2)5-8-15/h11-12,17H,3-10H2,1-2H3. The fourth-order valence-electron chi connectivity index (χ4n) is 2.97. The maximum Gasteiger partial charge on any atom is 0.282 e. The predicted octanol–water partition coefficient (Wildman–Crippen LogP) is 1.53. The number of rotatable bonds is 3. The third-order valence-electron chi connectivity index (χ3n) is 4.53. The molecule has 0 aromatic rings. The first-order valence-electron chi connectivity index (χ1n) is 7.45. The average molecular weight is 303 g/mol. The first kappa shape index (κ1) is 15.7. The van der Waals surface area contributed by atoms with Gasteiger partial charge in [-0.3, -0.25) is 0 Å². The summed E-state index contributed by atoms with van der Waals surface area (Å²) in [6, 6.07) is 0. The summed E-state index contributed by atoms with van der Waals surface area (Å²) in [6.07, 6.45) is 3.20. The van der Waals surface area contributed by atoms with E-state index in [9.17, 15) is 8.42 Å². The summed E-state index contributed by atoms with van der Waals surface area (Å²) < 4.78 is 28.5. The maximum atomic E-state index is 12.7. The van der Waals surface area contributed by atoms with Crippen molar-refractivity contribution < 1.29 is 13.6 Å². The zero-order valence-corrected chi connectivity index (χ0v) is 13.1. The van der Waals surface area contributed by atoms with Gasteiger partial charge in [-0.05, 0) is 25.2 Å². The molecule has 2 aliphatic rings. The van der Waals surface area contributed by atoms with Crippen LogP contribution in [0.15, 0.2) is 5.16 Å². The normalized spacial score (nSPS) is 29.9. The highest BCUT2D eigenvalue weighted by atomic mass is 32.2. The SMILES string of the molecule is CCC1CN(S(=O)(=O)N2CCC(C)CC2)CCC1=NO. The molecule has 0 bridgehead atoms. The summed E-state index contributed by atoms with van der Waals surface area (Å²) in [5.74, 6) is 0.645. The van der Waals surface area contributed by atoms with Crippen LogP contribution < -0.4 is 0 Å². The quantitative estimate of drug-likeness (QED) is 0.634. The van der Waals surface area contributed by atoms with Crippen LogP contribution in [0.25, 0.3) is 0 Å². The minimum Gasteiger partial charge on any atom is -0.411 e. The highest BCUT2D eigenvalue weighted by molar-refractivity contribution is 7.86. The van der Waals surface area contributed by atoms with E-state index in [0.29, 0.717) is 38.5 Å². The second-order valence-corrected chi connectivity index (χ2v) is 7.82. The van der Waals surface area contributed by atoms with Crippen molar-refractivity contribution >= 4 is 15.9 Å². The lowest BCUT2D eigenvalue weighted by Gasteiger charge is -2.37. The average Bonchev–Trinajstić information content (AvgIpc) is 2.46. The Morgan fingerprint density at radius 1 is 1.25 bits per heavy atom. The van der Waals surface area contributed by atoms with E-state index < -0.39 is 10.2 Å². The van der Waals surface area contributed by atoms with Gasteiger partial charge < -0.3 is 5.21 Å². The van der Waals surface area contributed by atoms with Gasteiger partial charge in [0.25, 0.3) is 10.2 Å². The number of hydrogen-bond acceptors (Lipinski definition) is 4. The van der Waals surface area contributed by atoms with Gasteiger partial charge in [0.05, 0.1) is 5.71 Å². The minimum absolute atomic E-state index is 0.0345. The molecule has 2 fully saturated rings. The van der Waals surface area contributed by atoms with E-state index in [2.05, 4.69) is 12.1 Å². The first-order valence-corrected chi connectivity index (χ1v) is 8.84. The van der Waals surface area contributed by atoms with Crippen LogP contribution in [0.2, 0.25) is 0 Å². The van der Waals surface area contributed by atoms with Crippen LogP contribution in [-0.2, 0) is 10.2 Å². The van der Waals surface area contributed by atoms with Crippen molar-refractivity contribution in [2.24, 2.45) is 17.0 Å². The molecule has 0 aliphatic carbocycles. The number of hydrogen-bond donors (Lipinski definition) is 1. The van der Waals surface area contributed by atoms with Crippen LogP contribution >= 0.6 is 0 Å². The predicted molar refractivity (Wildman–Crippen MR) is 78.1 cm³/mol. The fourth-order valence-corrected chi connectivity index (χ4v) is 4.66. The van der Waals surface area contributed by atoms with Crippen molar-refractivity contribution in [2.45, 2.75) is 39.5 Å². The number of nitrogens with zero attached hydrogens (tertiary/aromatic N) is 3. The maximum absolute atomic E-state index is 12.7. The van der Waals surface area contributed by atoms with Crippen LogP contribution in [0.4, 0.5) is 0 Å². The molecule has 7 heteroatoms. The summed E-state index contributed by atoms with van der Waals surface area (Å²) in [6.45, 7) is 6.26. The molecule has 2 saturated heterocycles. The molecule has 0 aromatic carbocycles. The van der Waals surface area contributed by atoms with Crippen LogP contribution in [0.5, 0.6) is 0 Å². The Hall–Kier alpha value is -0.660. The number of piperidine rings is 2. The number of oxime groups is 1. The Morgan fingerprint density at radius 3 is 2.45 bits per heavy atom. The Kier molecular flexibility index (Phi) is 5.04. The Bertz CT molecular complexity index is 455. The minimum atomic E-state index is -3.35. The molecule has 0 radical (unpaired) electrons. The fraction of sp³-hybridized carbons (Fsp3) is 0.923. The van der Waals surface area contributed by atoms with E-state index in [-0.39, 0.29) is 5.92 Å². The van der Waals surface area contributed by atoms with E-state index in [1.165, 1.54) is 0 Å².